The van der Waals surface area contributed by atoms with Gasteiger partial charge in [0.25, 0.3) is 5.56 Å². The number of hydrogen-bond donors (Lipinski definition) is 2. The van der Waals surface area contributed by atoms with E-state index in [4.69, 9.17) is 5.84 Å². The van der Waals surface area contributed by atoms with Gasteiger partial charge in [0.05, 0.1) is 0 Å². The summed E-state index contributed by atoms with van der Waals surface area (Å²) in [6, 6.07) is 3.55. The average molecular weight is 237 g/mol. The molecule has 0 unspecified atom stereocenters. The van der Waals surface area contributed by atoms with Gasteiger partial charge in [-0.15, -0.1) is 0 Å². The number of pyridine rings is 1. The van der Waals surface area contributed by atoms with Gasteiger partial charge in [-0.1, -0.05) is 6.42 Å². The lowest BCUT2D eigenvalue weighted by Gasteiger charge is -2.05. The van der Waals surface area contributed by atoms with Crippen molar-refractivity contribution >= 4 is 5.91 Å². The summed E-state index contributed by atoms with van der Waals surface area (Å²) in [7, 11) is 0. The molecule has 17 heavy (non-hydrogen) atoms. The summed E-state index contributed by atoms with van der Waals surface area (Å²) in [5.41, 5.74) is 3.10. The Morgan fingerprint density at radius 3 is 2.82 bits per heavy atom. The minimum Gasteiger partial charge on any atom is -0.316 e. The van der Waals surface area contributed by atoms with E-state index in [1.54, 1.807) is 10.6 Å². The van der Waals surface area contributed by atoms with Crippen molar-refractivity contribution in [2.75, 3.05) is 0 Å². The number of amides is 1. The van der Waals surface area contributed by atoms with E-state index in [1.165, 1.54) is 0 Å². The second kappa shape index (κ2) is 6.85. The Bertz CT molecular complexity index is 426. The van der Waals surface area contributed by atoms with Crippen molar-refractivity contribution in [3.8, 4) is 0 Å². The highest BCUT2D eigenvalue weighted by Crippen LogP contribution is 2.01. The molecule has 0 atom stereocenters. The van der Waals surface area contributed by atoms with Gasteiger partial charge >= 0.3 is 0 Å². The Labute approximate surface area is 101 Å². The van der Waals surface area contributed by atoms with Gasteiger partial charge in [-0.2, -0.15) is 0 Å². The highest BCUT2D eigenvalue weighted by Gasteiger charge is 1.99. The summed E-state index contributed by atoms with van der Waals surface area (Å²) in [4.78, 5) is 22.4. The first-order valence-corrected chi connectivity index (χ1v) is 5.80. The first-order valence-electron chi connectivity index (χ1n) is 5.80. The molecule has 0 aromatic carbocycles. The van der Waals surface area contributed by atoms with Crippen LogP contribution in [0.15, 0.2) is 23.1 Å². The molecule has 0 fully saturated rings. The Morgan fingerprint density at radius 2 is 2.18 bits per heavy atom. The molecule has 1 heterocycles. The van der Waals surface area contributed by atoms with Crippen LogP contribution in [0, 0.1) is 6.92 Å². The van der Waals surface area contributed by atoms with Crippen LogP contribution in [0.5, 0.6) is 0 Å². The van der Waals surface area contributed by atoms with E-state index < -0.39 is 0 Å². The lowest BCUT2D eigenvalue weighted by Crippen LogP contribution is -2.29. The van der Waals surface area contributed by atoms with Crippen molar-refractivity contribution in [1.29, 1.82) is 0 Å². The monoisotopic (exact) mass is 237 g/mol. The second-order valence-corrected chi connectivity index (χ2v) is 4.11. The smallest absolute Gasteiger partial charge is 0.250 e. The number of hydrazine groups is 1. The summed E-state index contributed by atoms with van der Waals surface area (Å²) >= 11 is 0. The van der Waals surface area contributed by atoms with Crippen molar-refractivity contribution in [2.45, 2.75) is 39.2 Å². The largest absolute Gasteiger partial charge is 0.316 e. The summed E-state index contributed by atoms with van der Waals surface area (Å²) in [6.07, 6.45) is 4.85. The van der Waals surface area contributed by atoms with Crippen LogP contribution in [0.3, 0.4) is 0 Å². The van der Waals surface area contributed by atoms with Gasteiger partial charge in [0.15, 0.2) is 0 Å². The standard InChI is InChI=1S/C12H19N3O2/c1-10-6-8-15(12(17)9-10)7-4-2-3-5-11(16)14-13/h6,8-9H,2-5,7,13H2,1H3,(H,14,16). The SMILES string of the molecule is Cc1ccn(CCCCCC(=O)NN)c(=O)c1. The van der Waals surface area contributed by atoms with Crippen LogP contribution in [-0.2, 0) is 11.3 Å². The van der Waals surface area contributed by atoms with E-state index in [-0.39, 0.29) is 11.5 Å². The number of rotatable bonds is 6. The molecule has 0 spiro atoms. The maximum Gasteiger partial charge on any atom is 0.250 e. The first-order chi connectivity index (χ1) is 8.13. The van der Waals surface area contributed by atoms with E-state index in [0.717, 1.165) is 24.8 Å². The van der Waals surface area contributed by atoms with E-state index >= 15 is 0 Å². The minimum absolute atomic E-state index is 0.0321. The molecule has 1 aromatic rings. The Balaban J connectivity index is 2.27. The fraction of sp³-hybridized carbons (Fsp3) is 0.500. The van der Waals surface area contributed by atoms with Crippen LogP contribution < -0.4 is 16.8 Å². The van der Waals surface area contributed by atoms with Gasteiger partial charge in [0, 0.05) is 25.2 Å². The van der Waals surface area contributed by atoms with E-state index in [2.05, 4.69) is 5.43 Å². The molecular weight excluding hydrogens is 218 g/mol. The number of nitrogens with one attached hydrogen (secondary N) is 1. The van der Waals surface area contributed by atoms with Crippen molar-refractivity contribution in [2.24, 2.45) is 5.84 Å². The zero-order valence-corrected chi connectivity index (χ0v) is 10.1. The van der Waals surface area contributed by atoms with Gasteiger partial charge in [-0.3, -0.25) is 15.0 Å². The summed E-state index contributed by atoms with van der Waals surface area (Å²) < 4.78 is 1.69. The molecule has 1 amide bonds. The number of carbonyl (C=O) groups is 1. The first kappa shape index (κ1) is 13.4. The predicted molar refractivity (Wildman–Crippen MR) is 66.2 cm³/mol. The highest BCUT2D eigenvalue weighted by molar-refractivity contribution is 5.74. The number of carbonyl (C=O) groups excluding carboxylic acids is 1. The van der Waals surface area contributed by atoms with Gasteiger partial charge < -0.3 is 4.57 Å². The molecule has 0 aliphatic carbocycles. The van der Waals surface area contributed by atoms with Gasteiger partial charge in [-0.25, -0.2) is 5.84 Å². The fourth-order valence-electron chi connectivity index (χ4n) is 1.61. The van der Waals surface area contributed by atoms with Crippen LogP contribution in [0.1, 0.15) is 31.2 Å². The fourth-order valence-corrected chi connectivity index (χ4v) is 1.61. The molecule has 0 aliphatic heterocycles. The van der Waals surface area contributed by atoms with Gasteiger partial charge in [0.2, 0.25) is 5.91 Å². The predicted octanol–water partition coefficient (Wildman–Crippen LogP) is 0.707. The molecule has 0 aliphatic rings. The lowest BCUT2D eigenvalue weighted by atomic mass is 10.2. The van der Waals surface area contributed by atoms with Gasteiger partial charge in [0.1, 0.15) is 0 Å². The number of hydrogen-bond acceptors (Lipinski definition) is 3. The zero-order chi connectivity index (χ0) is 12.7. The number of nitrogens with zero attached hydrogens (tertiary/aromatic N) is 1. The number of unbranched alkanes of at least 4 members (excludes halogenated alkanes) is 2. The average Bonchev–Trinajstić information content (AvgIpc) is 2.30. The molecular formula is C12H19N3O2. The zero-order valence-electron chi connectivity index (χ0n) is 10.1. The van der Waals surface area contributed by atoms with E-state index in [9.17, 15) is 9.59 Å². The van der Waals surface area contributed by atoms with Crippen molar-refractivity contribution in [3.63, 3.8) is 0 Å². The van der Waals surface area contributed by atoms with E-state index in [1.807, 2.05) is 19.2 Å². The molecule has 1 aromatic heterocycles. The minimum atomic E-state index is -0.141. The molecule has 5 heteroatoms. The Morgan fingerprint density at radius 1 is 1.41 bits per heavy atom. The number of aryl methyl sites for hydroxylation is 2. The molecule has 0 saturated carbocycles. The van der Waals surface area contributed by atoms with Crippen molar-refractivity contribution in [1.82, 2.24) is 9.99 Å². The normalized spacial score (nSPS) is 10.2. The van der Waals surface area contributed by atoms with Crippen LogP contribution >= 0.6 is 0 Å². The third kappa shape index (κ3) is 4.82. The number of nitrogens with two attached hydrogens (primary N) is 1. The van der Waals surface area contributed by atoms with Crippen LogP contribution in [-0.4, -0.2) is 10.5 Å². The lowest BCUT2D eigenvalue weighted by molar-refractivity contribution is -0.121. The van der Waals surface area contributed by atoms with Gasteiger partial charge in [-0.05, 0) is 31.4 Å². The van der Waals surface area contributed by atoms with Crippen molar-refractivity contribution in [3.05, 3.63) is 34.2 Å². The van der Waals surface area contributed by atoms with Crippen LogP contribution in [0.4, 0.5) is 0 Å². The Hall–Kier alpha value is -1.62. The molecule has 1 rings (SSSR count). The molecule has 0 radical (unpaired) electrons. The summed E-state index contributed by atoms with van der Waals surface area (Å²) in [6.45, 7) is 2.60. The van der Waals surface area contributed by atoms with Crippen molar-refractivity contribution < 1.29 is 4.79 Å². The Kier molecular flexibility index (Phi) is 5.42. The maximum absolute atomic E-state index is 11.5. The summed E-state index contributed by atoms with van der Waals surface area (Å²) in [5.74, 6) is 4.83. The molecule has 5 nitrogen and oxygen atoms in total. The molecule has 0 bridgehead atoms. The molecule has 3 N–H and O–H groups in total. The third-order valence-electron chi connectivity index (χ3n) is 2.62. The number of aromatic nitrogens is 1. The highest BCUT2D eigenvalue weighted by atomic mass is 16.2. The van der Waals surface area contributed by atoms with Crippen LogP contribution in [0.25, 0.3) is 0 Å². The molecule has 0 saturated heterocycles. The topological polar surface area (TPSA) is 77.1 Å². The quantitative estimate of drug-likeness (QED) is 0.331. The third-order valence-corrected chi connectivity index (χ3v) is 2.62. The van der Waals surface area contributed by atoms with E-state index in [0.29, 0.717) is 13.0 Å². The van der Waals surface area contributed by atoms with Crippen LogP contribution in [0.2, 0.25) is 0 Å². The maximum atomic E-state index is 11.5. The summed E-state index contributed by atoms with van der Waals surface area (Å²) in [5, 5.41) is 0. The second-order valence-electron chi connectivity index (χ2n) is 4.11. The molecule has 94 valence electrons.